The van der Waals surface area contributed by atoms with Gasteiger partial charge in [-0.1, -0.05) is 0 Å². The number of morpholine rings is 1. The molecule has 0 atom stereocenters. The quantitative estimate of drug-likeness (QED) is 0.503. The molecule has 5 nitrogen and oxygen atoms in total. The molecule has 70 valence electrons. The minimum absolute atomic E-state index is 0.0587. The molecule has 0 bridgehead atoms. The molecule has 0 aliphatic carbocycles. The molecule has 1 aliphatic rings. The van der Waals surface area contributed by atoms with Gasteiger partial charge in [0.2, 0.25) is 0 Å². The highest BCUT2D eigenvalue weighted by atomic mass is 35.5. The van der Waals surface area contributed by atoms with Gasteiger partial charge in [-0.05, 0) is 0 Å². The SMILES string of the molecule is O=C(NCCl)ON1CCOCC1. The van der Waals surface area contributed by atoms with Crippen molar-refractivity contribution in [2.45, 2.75) is 0 Å². The molecular formula is C6H11ClN2O3. The molecule has 0 saturated carbocycles. The molecule has 0 aromatic rings. The Balaban J connectivity index is 2.15. The van der Waals surface area contributed by atoms with Gasteiger partial charge in [0.05, 0.1) is 32.3 Å². The van der Waals surface area contributed by atoms with Crippen molar-refractivity contribution in [3.8, 4) is 0 Å². The van der Waals surface area contributed by atoms with Gasteiger partial charge in [-0.25, -0.2) is 4.79 Å². The van der Waals surface area contributed by atoms with Crippen molar-refractivity contribution in [1.29, 1.82) is 0 Å². The second-order valence-electron chi connectivity index (χ2n) is 2.23. The third-order valence-corrected chi connectivity index (χ3v) is 1.53. The van der Waals surface area contributed by atoms with Gasteiger partial charge in [-0.3, -0.25) is 0 Å². The molecule has 6 heteroatoms. The number of carbonyl (C=O) groups is 1. The Hall–Kier alpha value is -0.520. The van der Waals surface area contributed by atoms with Crippen molar-refractivity contribution < 1.29 is 14.4 Å². The molecule has 1 fully saturated rings. The Bertz CT molecular complexity index is 150. The van der Waals surface area contributed by atoms with Gasteiger partial charge < -0.3 is 14.9 Å². The average molecular weight is 195 g/mol. The zero-order chi connectivity index (χ0) is 8.81. The van der Waals surface area contributed by atoms with Gasteiger partial charge in [-0.15, -0.1) is 16.7 Å². The predicted molar refractivity (Wildman–Crippen MR) is 42.7 cm³/mol. The molecule has 1 aliphatic heterocycles. The number of carbonyl (C=O) groups excluding carboxylic acids is 1. The van der Waals surface area contributed by atoms with Gasteiger partial charge in [0.1, 0.15) is 0 Å². The van der Waals surface area contributed by atoms with E-state index in [1.54, 1.807) is 5.06 Å². The lowest BCUT2D eigenvalue weighted by molar-refractivity contribution is -0.145. The number of hydrogen-bond donors (Lipinski definition) is 1. The Labute approximate surface area is 75.5 Å². The lowest BCUT2D eigenvalue weighted by atomic mass is 10.5. The number of nitrogens with one attached hydrogen (secondary N) is 1. The molecule has 1 amide bonds. The average Bonchev–Trinajstić information content (AvgIpc) is 2.06. The van der Waals surface area contributed by atoms with E-state index in [1.165, 1.54) is 0 Å². The number of hydrogen-bond acceptors (Lipinski definition) is 4. The number of hydroxylamine groups is 2. The number of halogens is 1. The van der Waals surface area contributed by atoms with Crippen molar-refractivity contribution in [1.82, 2.24) is 10.4 Å². The van der Waals surface area contributed by atoms with Crippen LogP contribution in [0.2, 0.25) is 0 Å². The summed E-state index contributed by atoms with van der Waals surface area (Å²) in [6.45, 7) is 2.40. The molecule has 1 heterocycles. The minimum Gasteiger partial charge on any atom is -0.379 e. The smallest absolute Gasteiger partial charge is 0.379 e. The van der Waals surface area contributed by atoms with Crippen molar-refractivity contribution in [2.75, 3.05) is 32.3 Å². The number of nitrogens with zero attached hydrogens (tertiary/aromatic N) is 1. The molecule has 1 saturated heterocycles. The molecule has 0 aromatic carbocycles. The summed E-state index contributed by atoms with van der Waals surface area (Å²) >= 11 is 5.26. The van der Waals surface area contributed by atoms with Gasteiger partial charge in [0, 0.05) is 0 Å². The highest BCUT2D eigenvalue weighted by Crippen LogP contribution is 1.97. The highest BCUT2D eigenvalue weighted by molar-refractivity contribution is 6.18. The second-order valence-corrected chi connectivity index (χ2v) is 2.50. The maximum atomic E-state index is 10.8. The largest absolute Gasteiger partial charge is 0.427 e. The normalized spacial score (nSPS) is 18.8. The molecule has 1 N–H and O–H groups in total. The fraction of sp³-hybridized carbons (Fsp3) is 0.833. The fourth-order valence-corrected chi connectivity index (χ4v) is 0.951. The van der Waals surface area contributed by atoms with E-state index in [0.717, 1.165) is 0 Å². The van der Waals surface area contributed by atoms with Gasteiger partial charge in [0.15, 0.2) is 0 Å². The lowest BCUT2D eigenvalue weighted by Crippen LogP contribution is -2.40. The monoisotopic (exact) mass is 194 g/mol. The summed E-state index contributed by atoms with van der Waals surface area (Å²) in [5, 5.41) is 3.86. The van der Waals surface area contributed by atoms with Crippen LogP contribution in [0.25, 0.3) is 0 Å². The van der Waals surface area contributed by atoms with Crippen LogP contribution in [0.15, 0.2) is 0 Å². The molecular weight excluding hydrogens is 184 g/mol. The Kier molecular flexibility index (Phi) is 4.13. The van der Waals surface area contributed by atoms with E-state index in [9.17, 15) is 4.79 Å². The molecule has 12 heavy (non-hydrogen) atoms. The van der Waals surface area contributed by atoms with E-state index in [2.05, 4.69) is 5.32 Å². The van der Waals surface area contributed by atoms with Gasteiger partial charge in [0.25, 0.3) is 0 Å². The van der Waals surface area contributed by atoms with Crippen LogP contribution in [-0.4, -0.2) is 43.5 Å². The highest BCUT2D eigenvalue weighted by Gasteiger charge is 2.14. The van der Waals surface area contributed by atoms with Crippen molar-refractivity contribution in [3.63, 3.8) is 0 Å². The summed E-state index contributed by atoms with van der Waals surface area (Å²) in [5.41, 5.74) is 0. The van der Waals surface area contributed by atoms with Crippen LogP contribution in [0.5, 0.6) is 0 Å². The summed E-state index contributed by atoms with van der Waals surface area (Å²) in [7, 11) is 0. The summed E-state index contributed by atoms with van der Waals surface area (Å²) in [6, 6.07) is 0.0587. The summed E-state index contributed by atoms with van der Waals surface area (Å²) in [4.78, 5) is 15.7. The molecule has 0 spiro atoms. The zero-order valence-corrected chi connectivity index (χ0v) is 7.34. The molecule has 0 aromatic heterocycles. The van der Waals surface area contributed by atoms with Gasteiger partial charge in [-0.2, -0.15) is 0 Å². The first kappa shape index (κ1) is 9.57. The minimum atomic E-state index is -0.521. The third kappa shape index (κ3) is 3.25. The van der Waals surface area contributed by atoms with Crippen LogP contribution in [0.3, 0.4) is 0 Å². The number of alkyl halides is 1. The molecule has 0 radical (unpaired) electrons. The predicted octanol–water partition coefficient (Wildman–Crippen LogP) is 0.156. The van der Waals surface area contributed by atoms with Crippen molar-refractivity contribution >= 4 is 17.7 Å². The molecule has 1 rings (SSSR count). The van der Waals surface area contributed by atoms with Crippen molar-refractivity contribution in [2.24, 2.45) is 0 Å². The number of ether oxygens (including phenoxy) is 1. The van der Waals surface area contributed by atoms with Crippen molar-refractivity contribution in [3.05, 3.63) is 0 Å². The van der Waals surface area contributed by atoms with E-state index >= 15 is 0 Å². The van der Waals surface area contributed by atoms with Gasteiger partial charge >= 0.3 is 6.09 Å². The van der Waals surface area contributed by atoms with E-state index in [1.807, 2.05) is 0 Å². The van der Waals surface area contributed by atoms with Crippen LogP contribution in [0.1, 0.15) is 0 Å². The summed E-state index contributed by atoms with van der Waals surface area (Å²) in [6.07, 6.45) is -0.521. The van der Waals surface area contributed by atoms with E-state index in [4.69, 9.17) is 21.2 Å². The first-order valence-corrected chi connectivity index (χ1v) is 4.21. The summed E-state index contributed by atoms with van der Waals surface area (Å²) < 4.78 is 5.06. The number of rotatable bonds is 2. The third-order valence-electron chi connectivity index (χ3n) is 1.39. The van der Waals surface area contributed by atoms with Crippen LogP contribution in [0, 0.1) is 0 Å². The van der Waals surface area contributed by atoms with Crippen LogP contribution < -0.4 is 5.32 Å². The van der Waals surface area contributed by atoms with E-state index < -0.39 is 6.09 Å². The second kappa shape index (κ2) is 5.18. The maximum Gasteiger partial charge on any atom is 0.427 e. The first-order chi connectivity index (χ1) is 5.83. The standard InChI is InChI=1S/C6H11ClN2O3/c7-5-8-6(10)12-9-1-3-11-4-2-9/h1-5H2,(H,8,10). The Morgan fingerprint density at radius 3 is 2.83 bits per heavy atom. The lowest BCUT2D eigenvalue weighted by Gasteiger charge is -2.24. The molecule has 0 unspecified atom stereocenters. The first-order valence-electron chi connectivity index (χ1n) is 3.67. The maximum absolute atomic E-state index is 10.8. The van der Waals surface area contributed by atoms with E-state index in [0.29, 0.717) is 26.3 Å². The zero-order valence-electron chi connectivity index (χ0n) is 6.59. The van der Waals surface area contributed by atoms with Crippen LogP contribution in [-0.2, 0) is 9.57 Å². The van der Waals surface area contributed by atoms with E-state index in [-0.39, 0.29) is 6.00 Å². The topological polar surface area (TPSA) is 50.8 Å². The Morgan fingerprint density at radius 1 is 1.58 bits per heavy atom. The van der Waals surface area contributed by atoms with Crippen LogP contribution >= 0.6 is 11.6 Å². The summed E-state index contributed by atoms with van der Waals surface area (Å²) in [5.74, 6) is 0. The Morgan fingerprint density at radius 2 is 2.25 bits per heavy atom. The fourth-order valence-electron chi connectivity index (χ4n) is 0.842. The van der Waals surface area contributed by atoms with Crippen LogP contribution in [0.4, 0.5) is 4.79 Å². The number of amides is 1.